The van der Waals surface area contributed by atoms with Gasteiger partial charge < -0.3 is 21.5 Å². The van der Waals surface area contributed by atoms with Crippen molar-refractivity contribution in [3.63, 3.8) is 0 Å². The molecule has 0 unspecified atom stereocenters. The van der Waals surface area contributed by atoms with Crippen LogP contribution in [0.25, 0.3) is 0 Å². The number of hydrogen-bond acceptors (Lipinski definition) is 4. The lowest BCUT2D eigenvalue weighted by molar-refractivity contribution is -0.116. The fourth-order valence-electron chi connectivity index (χ4n) is 2.47. The van der Waals surface area contributed by atoms with Crippen LogP contribution in [0.4, 0.5) is 11.4 Å². The summed E-state index contributed by atoms with van der Waals surface area (Å²) in [5.74, 6) is -0.134. The summed E-state index contributed by atoms with van der Waals surface area (Å²) in [6.07, 6.45) is 2.76. The van der Waals surface area contributed by atoms with Crippen LogP contribution in [0, 0.1) is 6.92 Å². The highest BCUT2D eigenvalue weighted by Crippen LogP contribution is 2.23. The van der Waals surface area contributed by atoms with Gasteiger partial charge in [0.1, 0.15) is 5.75 Å². The Hall–Kier alpha value is -3.02. The van der Waals surface area contributed by atoms with Crippen molar-refractivity contribution >= 4 is 23.2 Å². The van der Waals surface area contributed by atoms with Gasteiger partial charge in [0.05, 0.1) is 11.4 Å². The number of rotatable bonds is 8. The van der Waals surface area contributed by atoms with Gasteiger partial charge in [-0.15, -0.1) is 0 Å². The summed E-state index contributed by atoms with van der Waals surface area (Å²) in [5, 5.41) is 14.9. The zero-order valence-electron chi connectivity index (χ0n) is 14.9. The van der Waals surface area contributed by atoms with Gasteiger partial charge in [-0.2, -0.15) is 0 Å². The summed E-state index contributed by atoms with van der Waals surface area (Å²) in [4.78, 5) is 23.9. The maximum atomic E-state index is 12.0. The molecule has 0 aliphatic carbocycles. The van der Waals surface area contributed by atoms with Crippen molar-refractivity contribution in [2.75, 3.05) is 17.6 Å². The van der Waals surface area contributed by atoms with Crippen LogP contribution >= 0.6 is 0 Å². The number of benzene rings is 2. The van der Waals surface area contributed by atoms with E-state index in [-0.39, 0.29) is 17.6 Å². The van der Waals surface area contributed by atoms with E-state index in [9.17, 15) is 14.7 Å². The number of carbonyl (C=O) groups excluding carboxylic acids is 2. The summed E-state index contributed by atoms with van der Waals surface area (Å²) in [6, 6.07) is 11.9. The Bertz CT molecular complexity index is 757. The molecule has 2 rings (SSSR count). The fraction of sp³-hybridized carbons (Fsp3) is 0.300. The molecule has 0 spiro atoms. The molecule has 0 aliphatic heterocycles. The first-order chi connectivity index (χ1) is 12.5. The SMILES string of the molecule is Cc1ccc(C(=O)NCCCCCC(=O)Nc2ccc(O)cc2N)cc1. The summed E-state index contributed by atoms with van der Waals surface area (Å²) in [7, 11) is 0. The monoisotopic (exact) mass is 355 g/mol. The van der Waals surface area contributed by atoms with Crippen LogP contribution < -0.4 is 16.4 Å². The highest BCUT2D eigenvalue weighted by atomic mass is 16.3. The molecule has 0 heterocycles. The number of hydrogen-bond donors (Lipinski definition) is 4. The normalized spacial score (nSPS) is 10.3. The van der Waals surface area contributed by atoms with Crippen LogP contribution in [0.5, 0.6) is 5.75 Å². The predicted octanol–water partition coefficient (Wildman–Crippen LogP) is 3.21. The van der Waals surface area contributed by atoms with Crippen LogP contribution in [-0.2, 0) is 4.79 Å². The standard InChI is InChI=1S/C20H25N3O3/c1-14-6-8-15(9-7-14)20(26)22-12-4-2-3-5-19(25)23-18-11-10-16(24)13-17(18)21/h6-11,13,24H,2-5,12,21H2,1H3,(H,22,26)(H,23,25). The number of anilines is 2. The minimum Gasteiger partial charge on any atom is -0.508 e. The molecule has 0 radical (unpaired) electrons. The van der Waals surface area contributed by atoms with E-state index in [4.69, 9.17) is 5.73 Å². The van der Waals surface area contributed by atoms with E-state index in [0.29, 0.717) is 29.9 Å². The lowest BCUT2D eigenvalue weighted by atomic mass is 10.1. The molecule has 2 aromatic carbocycles. The zero-order chi connectivity index (χ0) is 18.9. The van der Waals surface area contributed by atoms with Crippen molar-refractivity contribution in [2.45, 2.75) is 32.6 Å². The lowest BCUT2D eigenvalue weighted by Crippen LogP contribution is -2.24. The first kappa shape index (κ1) is 19.3. The number of phenols is 1. The Morgan fingerprint density at radius 3 is 2.46 bits per heavy atom. The van der Waals surface area contributed by atoms with Crippen molar-refractivity contribution in [1.82, 2.24) is 5.32 Å². The van der Waals surface area contributed by atoms with E-state index in [1.165, 1.54) is 12.1 Å². The van der Waals surface area contributed by atoms with E-state index in [1.807, 2.05) is 31.2 Å². The number of nitrogen functional groups attached to an aromatic ring is 1. The molecule has 0 atom stereocenters. The van der Waals surface area contributed by atoms with E-state index in [1.54, 1.807) is 6.07 Å². The average Bonchev–Trinajstić information content (AvgIpc) is 2.61. The Balaban J connectivity index is 1.60. The molecule has 6 heteroatoms. The smallest absolute Gasteiger partial charge is 0.251 e. The minimum absolute atomic E-state index is 0.0631. The van der Waals surface area contributed by atoms with Crippen LogP contribution in [-0.4, -0.2) is 23.5 Å². The number of unbranched alkanes of at least 4 members (excludes halogenated alkanes) is 2. The first-order valence-corrected chi connectivity index (χ1v) is 8.69. The van der Waals surface area contributed by atoms with Crippen molar-refractivity contribution in [3.8, 4) is 5.75 Å². The molecule has 0 aromatic heterocycles. The molecular formula is C20H25N3O3. The molecule has 0 bridgehead atoms. The summed E-state index contributed by atoms with van der Waals surface area (Å²) >= 11 is 0. The largest absolute Gasteiger partial charge is 0.508 e. The van der Waals surface area contributed by atoms with E-state index in [2.05, 4.69) is 10.6 Å². The van der Waals surface area contributed by atoms with Gasteiger partial charge in [0, 0.05) is 24.6 Å². The van der Waals surface area contributed by atoms with Crippen molar-refractivity contribution < 1.29 is 14.7 Å². The summed E-state index contributed by atoms with van der Waals surface area (Å²) in [5.41, 5.74) is 8.34. The number of aromatic hydroxyl groups is 1. The lowest BCUT2D eigenvalue weighted by Gasteiger charge is -2.09. The molecule has 2 amide bonds. The maximum absolute atomic E-state index is 12.0. The molecule has 138 valence electrons. The van der Waals surface area contributed by atoms with Crippen LogP contribution in [0.3, 0.4) is 0 Å². The molecule has 26 heavy (non-hydrogen) atoms. The van der Waals surface area contributed by atoms with E-state index in [0.717, 1.165) is 24.8 Å². The van der Waals surface area contributed by atoms with Gasteiger partial charge in [-0.3, -0.25) is 9.59 Å². The molecular weight excluding hydrogens is 330 g/mol. The number of aryl methyl sites for hydroxylation is 1. The molecule has 0 fully saturated rings. The Kier molecular flexibility index (Phi) is 7.02. The molecule has 5 N–H and O–H groups in total. The van der Waals surface area contributed by atoms with Crippen LogP contribution in [0.2, 0.25) is 0 Å². The number of nitrogens with one attached hydrogen (secondary N) is 2. The third-order valence-corrected chi connectivity index (χ3v) is 3.99. The second-order valence-electron chi connectivity index (χ2n) is 6.25. The first-order valence-electron chi connectivity index (χ1n) is 8.69. The number of amides is 2. The van der Waals surface area contributed by atoms with Crippen molar-refractivity contribution in [1.29, 1.82) is 0 Å². The topological polar surface area (TPSA) is 104 Å². The molecule has 0 saturated carbocycles. The minimum atomic E-state index is -0.119. The third-order valence-electron chi connectivity index (χ3n) is 3.99. The Morgan fingerprint density at radius 2 is 1.77 bits per heavy atom. The van der Waals surface area contributed by atoms with Gasteiger partial charge in [0.25, 0.3) is 5.91 Å². The quantitative estimate of drug-likeness (QED) is 0.331. The van der Waals surface area contributed by atoms with Gasteiger partial charge in [-0.1, -0.05) is 24.1 Å². The predicted molar refractivity (Wildman–Crippen MR) is 103 cm³/mol. The van der Waals surface area contributed by atoms with Gasteiger partial charge in [-0.05, 0) is 44.0 Å². The van der Waals surface area contributed by atoms with Gasteiger partial charge in [0.2, 0.25) is 5.91 Å². The van der Waals surface area contributed by atoms with Crippen molar-refractivity contribution in [2.24, 2.45) is 0 Å². The average molecular weight is 355 g/mol. The molecule has 2 aromatic rings. The van der Waals surface area contributed by atoms with Gasteiger partial charge >= 0.3 is 0 Å². The zero-order valence-corrected chi connectivity index (χ0v) is 14.9. The number of phenolic OH excluding ortho intramolecular Hbond substituents is 1. The molecule has 0 aliphatic rings. The maximum Gasteiger partial charge on any atom is 0.251 e. The Morgan fingerprint density at radius 1 is 1.04 bits per heavy atom. The second-order valence-corrected chi connectivity index (χ2v) is 6.25. The number of carbonyl (C=O) groups is 2. The van der Waals surface area contributed by atoms with Gasteiger partial charge in [-0.25, -0.2) is 0 Å². The Labute approximate surface area is 153 Å². The highest BCUT2D eigenvalue weighted by Gasteiger charge is 2.07. The summed E-state index contributed by atoms with van der Waals surface area (Å²) in [6.45, 7) is 2.56. The van der Waals surface area contributed by atoms with E-state index >= 15 is 0 Å². The van der Waals surface area contributed by atoms with Gasteiger partial charge in [0.15, 0.2) is 0 Å². The van der Waals surface area contributed by atoms with Crippen LogP contribution in [0.1, 0.15) is 41.6 Å². The van der Waals surface area contributed by atoms with Crippen molar-refractivity contribution in [3.05, 3.63) is 53.6 Å². The summed E-state index contributed by atoms with van der Waals surface area (Å²) < 4.78 is 0. The third kappa shape index (κ3) is 6.12. The fourth-order valence-corrected chi connectivity index (χ4v) is 2.47. The number of nitrogens with two attached hydrogens (primary N) is 1. The molecule has 0 saturated heterocycles. The van der Waals surface area contributed by atoms with Crippen LogP contribution in [0.15, 0.2) is 42.5 Å². The highest BCUT2D eigenvalue weighted by molar-refractivity contribution is 5.94. The van der Waals surface area contributed by atoms with E-state index < -0.39 is 0 Å². The molecule has 6 nitrogen and oxygen atoms in total. The second kappa shape index (κ2) is 9.46.